The summed E-state index contributed by atoms with van der Waals surface area (Å²) in [5.41, 5.74) is -3.39. The number of halogens is 11. The van der Waals surface area contributed by atoms with Crippen LogP contribution in [0, 0.1) is 0 Å². The first-order chi connectivity index (χ1) is 13.9. The van der Waals surface area contributed by atoms with Crippen LogP contribution < -0.4 is 11.3 Å². The average Bonchev–Trinajstić information content (AvgIpc) is 3.02. The zero-order chi connectivity index (χ0) is 24.0. The molecule has 0 saturated heterocycles. The summed E-state index contributed by atoms with van der Waals surface area (Å²) >= 11 is 0.0606. The van der Waals surface area contributed by atoms with E-state index >= 15 is 0 Å². The van der Waals surface area contributed by atoms with Gasteiger partial charge in [-0.25, -0.2) is 9.38 Å². The van der Waals surface area contributed by atoms with Gasteiger partial charge in [0.05, 0.1) is 5.56 Å². The van der Waals surface area contributed by atoms with Gasteiger partial charge < -0.3 is 5.73 Å². The monoisotopic (exact) mass is 488 g/mol. The van der Waals surface area contributed by atoms with Crippen molar-refractivity contribution in [1.29, 1.82) is 0 Å². The Hall–Kier alpha value is -2.72. The van der Waals surface area contributed by atoms with E-state index in [0.29, 0.717) is 5.38 Å². The van der Waals surface area contributed by atoms with Gasteiger partial charge >= 0.3 is 24.5 Å². The largest absolute Gasteiger partial charge is 0.455 e. The average molecular weight is 488 g/mol. The quantitative estimate of drug-likeness (QED) is 0.514. The summed E-state index contributed by atoms with van der Waals surface area (Å²) in [5.74, 6) is -5.37. The van der Waals surface area contributed by atoms with Crippen molar-refractivity contribution < 1.29 is 48.3 Å². The summed E-state index contributed by atoms with van der Waals surface area (Å²) in [7, 11) is 0. The molecule has 0 fully saturated rings. The highest BCUT2D eigenvalue weighted by Crippen LogP contribution is 2.37. The van der Waals surface area contributed by atoms with E-state index in [1.54, 1.807) is 0 Å². The molecular weight excluding hydrogens is 481 g/mol. The van der Waals surface area contributed by atoms with Crippen LogP contribution in [-0.4, -0.2) is 34.2 Å². The maximum atomic E-state index is 13.4. The van der Waals surface area contributed by atoms with Gasteiger partial charge in [-0.2, -0.15) is 48.3 Å². The van der Waals surface area contributed by atoms with Gasteiger partial charge in [-0.05, 0) is 0 Å². The third-order valence-electron chi connectivity index (χ3n) is 3.53. The summed E-state index contributed by atoms with van der Waals surface area (Å²) in [5, 5.41) is 0.317. The lowest BCUT2D eigenvalue weighted by Gasteiger charge is -2.17. The molecule has 0 aliphatic heterocycles. The van der Waals surface area contributed by atoms with E-state index in [9.17, 15) is 53.1 Å². The molecule has 2 rings (SSSR count). The second kappa shape index (κ2) is 7.76. The van der Waals surface area contributed by atoms with Crippen molar-refractivity contribution >= 4 is 28.1 Å². The predicted octanol–water partition coefficient (Wildman–Crippen LogP) is 4.36. The Bertz CT molecular complexity index is 1090. The first-order valence-corrected chi connectivity index (χ1v) is 8.35. The zero-order valence-electron chi connectivity index (χ0n) is 14.3. The molecule has 2 N–H and O–H groups in total. The third kappa shape index (κ3) is 4.80. The molecule has 5 nitrogen and oxygen atoms in total. The number of nitrogens with zero attached hydrogens (tertiary/aromatic N) is 3. The molecule has 0 bridgehead atoms. The Labute approximate surface area is 167 Å². The molecule has 172 valence electrons. The molecule has 2 aromatic rings. The molecule has 0 amide bonds. The van der Waals surface area contributed by atoms with E-state index in [-0.39, 0.29) is 28.2 Å². The number of hydrogen-bond acceptors (Lipinski definition) is 5. The van der Waals surface area contributed by atoms with Crippen LogP contribution in [-0.2, 0) is 12.4 Å². The second-order valence-corrected chi connectivity index (χ2v) is 6.51. The normalized spacial score (nSPS) is 14.7. The maximum absolute atomic E-state index is 13.4. The number of allylic oxidation sites excluding steroid dienone is 1. The van der Waals surface area contributed by atoms with Crippen molar-refractivity contribution in [3.05, 3.63) is 38.9 Å². The van der Waals surface area contributed by atoms with Gasteiger partial charge in [-0.3, -0.25) is 9.79 Å². The van der Waals surface area contributed by atoms with Gasteiger partial charge in [-0.15, -0.1) is 11.3 Å². The van der Waals surface area contributed by atoms with E-state index in [1.807, 2.05) is 0 Å². The molecule has 17 heteroatoms. The summed E-state index contributed by atoms with van der Waals surface area (Å²) in [6.45, 7) is -2.28. The van der Waals surface area contributed by atoms with Crippen LogP contribution in [0.1, 0.15) is 17.0 Å². The Morgan fingerprint density at radius 3 is 2.10 bits per heavy atom. The standard InChI is InChI=1S/C14H7F11N4OS/c15-11(16,14(23,24)25)4-27-2-5(1-26)7-8(13(20,21)22)28-10-29(9(7)30)6(3-31-10)12(17,18)19/h1-3H,4,26H2/b5-1+,27-2?. The van der Waals surface area contributed by atoms with Gasteiger partial charge in [-0.1, -0.05) is 0 Å². The fourth-order valence-corrected chi connectivity index (χ4v) is 3.04. The fourth-order valence-electron chi connectivity index (χ4n) is 2.15. The van der Waals surface area contributed by atoms with E-state index in [1.165, 1.54) is 0 Å². The molecule has 0 atom stereocenters. The van der Waals surface area contributed by atoms with Crippen molar-refractivity contribution in [3.63, 3.8) is 0 Å². The minimum Gasteiger partial charge on any atom is -0.404 e. The number of fused-ring (bicyclic) bond motifs is 1. The lowest BCUT2D eigenvalue weighted by Crippen LogP contribution is -2.39. The number of aliphatic imine (C=N–C) groups is 1. The lowest BCUT2D eigenvalue weighted by atomic mass is 10.1. The highest BCUT2D eigenvalue weighted by molar-refractivity contribution is 7.15. The Morgan fingerprint density at radius 1 is 1.06 bits per heavy atom. The second-order valence-electron chi connectivity index (χ2n) is 5.67. The summed E-state index contributed by atoms with van der Waals surface area (Å²) in [6.07, 6.45) is -16.5. The van der Waals surface area contributed by atoms with Gasteiger partial charge in [0.2, 0.25) is 0 Å². The fraction of sp³-hybridized carbons (Fsp3) is 0.357. The first-order valence-electron chi connectivity index (χ1n) is 7.47. The van der Waals surface area contributed by atoms with E-state index in [0.717, 1.165) is 0 Å². The van der Waals surface area contributed by atoms with Crippen LogP contribution in [0.5, 0.6) is 0 Å². The molecular formula is C14H7F11N4OS. The van der Waals surface area contributed by atoms with Crippen LogP contribution in [0.25, 0.3) is 10.5 Å². The third-order valence-corrected chi connectivity index (χ3v) is 4.36. The number of alkyl halides is 11. The summed E-state index contributed by atoms with van der Waals surface area (Å²) in [6, 6.07) is 0. The highest BCUT2D eigenvalue weighted by Gasteiger charge is 2.57. The predicted molar refractivity (Wildman–Crippen MR) is 85.9 cm³/mol. The number of rotatable bonds is 4. The Kier molecular flexibility index (Phi) is 6.14. The van der Waals surface area contributed by atoms with Gasteiger partial charge in [0.1, 0.15) is 12.2 Å². The molecule has 2 heterocycles. The molecule has 0 unspecified atom stereocenters. The van der Waals surface area contributed by atoms with Crippen LogP contribution in [0.4, 0.5) is 48.3 Å². The zero-order valence-corrected chi connectivity index (χ0v) is 15.1. The molecule has 0 aliphatic rings. The molecule has 0 saturated carbocycles. The SMILES string of the molecule is N/C=C(\C=NCC(F)(F)C(F)(F)F)c1c(C(F)(F)F)nc2scc(C(F)(F)F)n2c1=O. The van der Waals surface area contributed by atoms with Crippen LogP contribution in [0.2, 0.25) is 0 Å². The number of nitrogens with two attached hydrogens (primary N) is 1. The van der Waals surface area contributed by atoms with Crippen molar-refractivity contribution in [2.45, 2.75) is 24.5 Å². The number of thiazole rings is 1. The smallest absolute Gasteiger partial charge is 0.404 e. The Balaban J connectivity index is 2.72. The number of aromatic nitrogens is 2. The first kappa shape index (κ1) is 24.5. The molecule has 0 spiro atoms. The molecule has 31 heavy (non-hydrogen) atoms. The molecule has 0 aliphatic carbocycles. The van der Waals surface area contributed by atoms with E-state index in [2.05, 4.69) is 9.98 Å². The van der Waals surface area contributed by atoms with E-state index in [4.69, 9.17) is 5.73 Å². The Morgan fingerprint density at radius 2 is 1.65 bits per heavy atom. The summed E-state index contributed by atoms with van der Waals surface area (Å²) < 4.78 is 141. The molecule has 0 aromatic carbocycles. The van der Waals surface area contributed by atoms with Gasteiger partial charge in [0.25, 0.3) is 5.56 Å². The minimum atomic E-state index is -6.04. The van der Waals surface area contributed by atoms with Gasteiger partial charge in [0.15, 0.2) is 10.7 Å². The maximum Gasteiger partial charge on any atom is 0.455 e. The topological polar surface area (TPSA) is 72.8 Å². The number of hydrogen-bond donors (Lipinski definition) is 1. The van der Waals surface area contributed by atoms with Crippen molar-refractivity contribution in [2.75, 3.05) is 6.54 Å². The minimum absolute atomic E-state index is 0.0146. The van der Waals surface area contributed by atoms with Crippen molar-refractivity contribution in [1.82, 2.24) is 9.38 Å². The van der Waals surface area contributed by atoms with Gasteiger partial charge in [0, 0.05) is 23.4 Å². The molecule has 2 aromatic heterocycles. The van der Waals surface area contributed by atoms with Crippen molar-refractivity contribution in [3.8, 4) is 0 Å². The van der Waals surface area contributed by atoms with E-state index < -0.39 is 64.0 Å². The van der Waals surface area contributed by atoms with Crippen LogP contribution >= 0.6 is 11.3 Å². The molecule has 0 radical (unpaired) electrons. The van der Waals surface area contributed by atoms with Crippen molar-refractivity contribution in [2.24, 2.45) is 10.7 Å². The van der Waals surface area contributed by atoms with Crippen LogP contribution in [0.3, 0.4) is 0 Å². The lowest BCUT2D eigenvalue weighted by molar-refractivity contribution is -0.276. The summed E-state index contributed by atoms with van der Waals surface area (Å²) in [4.78, 5) is 17.1. The van der Waals surface area contributed by atoms with Crippen LogP contribution in [0.15, 0.2) is 21.4 Å². The highest BCUT2D eigenvalue weighted by atomic mass is 32.1.